The summed E-state index contributed by atoms with van der Waals surface area (Å²) in [6.07, 6.45) is 3.55. The van der Waals surface area contributed by atoms with Gasteiger partial charge in [-0.25, -0.2) is 0 Å². The molecule has 1 aromatic heterocycles. The highest BCUT2D eigenvalue weighted by Gasteiger charge is 2.29. The molecule has 0 radical (unpaired) electrons. The topological polar surface area (TPSA) is 43.1 Å². The molecule has 0 aliphatic heterocycles. The van der Waals surface area contributed by atoms with Gasteiger partial charge in [0, 0.05) is 18.9 Å². The van der Waals surface area contributed by atoms with Crippen LogP contribution in [0.5, 0.6) is 0 Å². The zero-order valence-corrected chi connectivity index (χ0v) is 8.93. The molecule has 0 saturated heterocycles. The first-order valence-electron chi connectivity index (χ1n) is 5.04. The third-order valence-corrected chi connectivity index (χ3v) is 3.40. The first kappa shape index (κ1) is 9.87. The fourth-order valence-corrected chi connectivity index (χ4v) is 2.32. The summed E-state index contributed by atoms with van der Waals surface area (Å²) < 4.78 is 0. The Bertz CT molecular complexity index is 303. The molecule has 1 fully saturated rings. The lowest BCUT2D eigenvalue weighted by atomic mass is 10.0. The van der Waals surface area contributed by atoms with Gasteiger partial charge in [0.1, 0.15) is 5.78 Å². The average molecular weight is 209 g/mol. The highest BCUT2D eigenvalue weighted by atomic mass is 32.1. The van der Waals surface area contributed by atoms with E-state index in [1.807, 2.05) is 16.8 Å². The van der Waals surface area contributed by atoms with Crippen molar-refractivity contribution in [3.63, 3.8) is 0 Å². The smallest absolute Gasteiger partial charge is 0.138 e. The molecule has 0 aromatic carbocycles. The van der Waals surface area contributed by atoms with Gasteiger partial charge in [0.2, 0.25) is 0 Å². The molecule has 0 spiro atoms. The molecule has 2 N–H and O–H groups in total. The van der Waals surface area contributed by atoms with E-state index < -0.39 is 0 Å². The lowest BCUT2D eigenvalue weighted by Crippen LogP contribution is -2.26. The summed E-state index contributed by atoms with van der Waals surface area (Å²) in [5, 5.41) is 4.03. The van der Waals surface area contributed by atoms with Crippen molar-refractivity contribution in [2.24, 2.45) is 11.7 Å². The molecule has 76 valence electrons. The van der Waals surface area contributed by atoms with Crippen LogP contribution in [-0.2, 0) is 11.2 Å². The van der Waals surface area contributed by atoms with Gasteiger partial charge in [0.15, 0.2) is 0 Å². The van der Waals surface area contributed by atoms with E-state index in [0.717, 1.165) is 5.56 Å². The third-order valence-electron chi connectivity index (χ3n) is 2.67. The van der Waals surface area contributed by atoms with Crippen LogP contribution in [0.4, 0.5) is 0 Å². The Morgan fingerprint density at radius 1 is 1.64 bits per heavy atom. The summed E-state index contributed by atoms with van der Waals surface area (Å²) in [4.78, 5) is 11.6. The van der Waals surface area contributed by atoms with E-state index in [9.17, 15) is 4.79 Å². The highest BCUT2D eigenvalue weighted by Crippen LogP contribution is 2.32. The summed E-state index contributed by atoms with van der Waals surface area (Å²) in [5.74, 6) is 0.907. The van der Waals surface area contributed by atoms with E-state index >= 15 is 0 Å². The molecular weight excluding hydrogens is 194 g/mol. The van der Waals surface area contributed by atoms with Gasteiger partial charge >= 0.3 is 0 Å². The van der Waals surface area contributed by atoms with Crippen LogP contribution in [0.3, 0.4) is 0 Å². The number of hydrogen-bond acceptors (Lipinski definition) is 3. The molecular formula is C11H15NOS. The number of nitrogens with two attached hydrogens (primary N) is 1. The molecule has 1 aromatic rings. The minimum absolute atomic E-state index is 0.112. The maximum atomic E-state index is 11.6. The summed E-state index contributed by atoms with van der Waals surface area (Å²) in [6, 6.07) is 2.12. The van der Waals surface area contributed by atoms with Gasteiger partial charge in [0.05, 0.1) is 0 Å². The molecule has 1 heterocycles. The average Bonchev–Trinajstić information content (AvgIpc) is 2.87. The van der Waals surface area contributed by atoms with Crippen LogP contribution in [0.2, 0.25) is 0 Å². The molecule has 2 nitrogen and oxygen atoms in total. The number of ketones is 1. The number of Topliss-reactive ketones (excluding diaryl/α,β-unsaturated/α-hetero) is 1. The van der Waals surface area contributed by atoms with Crippen LogP contribution in [0, 0.1) is 5.92 Å². The van der Waals surface area contributed by atoms with Crippen molar-refractivity contribution in [2.75, 3.05) is 0 Å². The van der Waals surface area contributed by atoms with Gasteiger partial charge in [-0.1, -0.05) is 0 Å². The maximum Gasteiger partial charge on any atom is 0.138 e. The molecule has 3 heteroatoms. The van der Waals surface area contributed by atoms with Crippen molar-refractivity contribution >= 4 is 17.1 Å². The summed E-state index contributed by atoms with van der Waals surface area (Å²) in [7, 11) is 0. The number of carbonyl (C=O) groups excluding carboxylic acids is 1. The van der Waals surface area contributed by atoms with Gasteiger partial charge in [-0.2, -0.15) is 11.3 Å². The largest absolute Gasteiger partial charge is 0.327 e. The van der Waals surface area contributed by atoms with Crippen molar-refractivity contribution in [3.05, 3.63) is 22.4 Å². The zero-order chi connectivity index (χ0) is 9.97. The minimum Gasteiger partial charge on any atom is -0.327 e. The van der Waals surface area contributed by atoms with Gasteiger partial charge in [-0.05, 0) is 41.1 Å². The Kier molecular flexibility index (Phi) is 2.99. The number of thiophene rings is 1. The summed E-state index contributed by atoms with van der Waals surface area (Å²) in [5.41, 5.74) is 7.02. The maximum absolute atomic E-state index is 11.6. The molecule has 0 amide bonds. The Labute approximate surface area is 88.1 Å². The SMILES string of the molecule is NC(CC(=O)Cc1ccsc1)C1CC1. The summed E-state index contributed by atoms with van der Waals surface area (Å²) >= 11 is 1.64. The first-order chi connectivity index (χ1) is 6.75. The fourth-order valence-electron chi connectivity index (χ4n) is 1.65. The molecule has 1 aliphatic rings. The van der Waals surface area contributed by atoms with Crippen LogP contribution in [-0.4, -0.2) is 11.8 Å². The number of carbonyl (C=O) groups is 1. The second kappa shape index (κ2) is 4.24. The van der Waals surface area contributed by atoms with Gasteiger partial charge in [0.25, 0.3) is 0 Å². The zero-order valence-electron chi connectivity index (χ0n) is 8.11. The number of hydrogen-bond donors (Lipinski definition) is 1. The highest BCUT2D eigenvalue weighted by molar-refractivity contribution is 7.07. The molecule has 1 saturated carbocycles. The Morgan fingerprint density at radius 3 is 3.00 bits per heavy atom. The van der Waals surface area contributed by atoms with Crippen LogP contribution in [0.1, 0.15) is 24.8 Å². The van der Waals surface area contributed by atoms with Crippen molar-refractivity contribution in [2.45, 2.75) is 31.7 Å². The van der Waals surface area contributed by atoms with Gasteiger partial charge in [-0.15, -0.1) is 0 Å². The van der Waals surface area contributed by atoms with E-state index in [1.54, 1.807) is 11.3 Å². The van der Waals surface area contributed by atoms with Crippen LogP contribution in [0.25, 0.3) is 0 Å². The van der Waals surface area contributed by atoms with E-state index in [2.05, 4.69) is 0 Å². The Hall–Kier alpha value is -0.670. The van der Waals surface area contributed by atoms with Gasteiger partial charge in [-0.3, -0.25) is 4.79 Å². The minimum atomic E-state index is 0.112. The molecule has 2 rings (SSSR count). The predicted molar refractivity (Wildman–Crippen MR) is 58.3 cm³/mol. The predicted octanol–water partition coefficient (Wildman–Crippen LogP) is 1.99. The normalized spacial score (nSPS) is 18.1. The van der Waals surface area contributed by atoms with Crippen molar-refractivity contribution in [1.29, 1.82) is 0 Å². The van der Waals surface area contributed by atoms with Crippen molar-refractivity contribution in [3.8, 4) is 0 Å². The van der Waals surface area contributed by atoms with E-state index in [0.29, 0.717) is 18.8 Å². The standard InChI is InChI=1S/C11H15NOS/c12-11(9-1-2-9)6-10(13)5-8-3-4-14-7-8/h3-4,7,9,11H,1-2,5-6,12H2. The van der Waals surface area contributed by atoms with Crippen LogP contribution < -0.4 is 5.73 Å². The van der Waals surface area contributed by atoms with Crippen LogP contribution in [0.15, 0.2) is 16.8 Å². The molecule has 0 bridgehead atoms. The van der Waals surface area contributed by atoms with E-state index in [4.69, 9.17) is 5.73 Å². The van der Waals surface area contributed by atoms with Gasteiger partial charge < -0.3 is 5.73 Å². The van der Waals surface area contributed by atoms with E-state index in [-0.39, 0.29) is 11.8 Å². The second-order valence-corrected chi connectivity index (χ2v) is 4.83. The molecule has 14 heavy (non-hydrogen) atoms. The lowest BCUT2D eigenvalue weighted by Gasteiger charge is -2.07. The van der Waals surface area contributed by atoms with Crippen molar-refractivity contribution in [1.82, 2.24) is 0 Å². The Balaban J connectivity index is 1.78. The third kappa shape index (κ3) is 2.66. The molecule has 1 aliphatic carbocycles. The molecule has 1 atom stereocenters. The second-order valence-electron chi connectivity index (χ2n) is 4.05. The Morgan fingerprint density at radius 2 is 2.43 bits per heavy atom. The monoisotopic (exact) mass is 209 g/mol. The summed E-state index contributed by atoms with van der Waals surface area (Å²) in [6.45, 7) is 0. The first-order valence-corrected chi connectivity index (χ1v) is 5.98. The van der Waals surface area contributed by atoms with Crippen molar-refractivity contribution < 1.29 is 4.79 Å². The van der Waals surface area contributed by atoms with E-state index in [1.165, 1.54) is 12.8 Å². The lowest BCUT2D eigenvalue weighted by molar-refractivity contribution is -0.118. The molecule has 1 unspecified atom stereocenters. The van der Waals surface area contributed by atoms with Crippen LogP contribution >= 0.6 is 11.3 Å². The number of rotatable bonds is 5. The fraction of sp³-hybridized carbons (Fsp3) is 0.545. The quantitative estimate of drug-likeness (QED) is 0.806.